The molecule has 2 aromatic rings. The quantitative estimate of drug-likeness (QED) is 0.923. The molecule has 1 aliphatic heterocycles. The first-order valence-electron chi connectivity index (χ1n) is 7.71. The van der Waals surface area contributed by atoms with Gasteiger partial charge in [-0.15, -0.1) is 0 Å². The summed E-state index contributed by atoms with van der Waals surface area (Å²) in [7, 11) is 0. The highest BCUT2D eigenvalue weighted by Gasteiger charge is 2.26. The fraction of sp³-hybridized carbons (Fsp3) is 0.471. The summed E-state index contributed by atoms with van der Waals surface area (Å²) < 4.78 is 0. The maximum absolute atomic E-state index is 4.29. The second-order valence-corrected chi connectivity index (χ2v) is 6.16. The first-order chi connectivity index (χ1) is 9.90. The Morgan fingerprint density at radius 3 is 3.05 bits per heavy atom. The fourth-order valence-electron chi connectivity index (χ4n) is 3.21. The third-order valence-electron chi connectivity index (χ3n) is 4.56. The van der Waals surface area contributed by atoms with Gasteiger partial charge in [0.15, 0.2) is 0 Å². The van der Waals surface area contributed by atoms with Crippen LogP contribution in [0.2, 0.25) is 0 Å². The second kappa shape index (κ2) is 5.06. The van der Waals surface area contributed by atoms with Crippen LogP contribution in [0.3, 0.4) is 0 Å². The Morgan fingerprint density at radius 2 is 2.15 bits per heavy atom. The summed E-state index contributed by atoms with van der Waals surface area (Å²) in [6.45, 7) is 3.53. The molecular formula is C17H21N3. The minimum Gasteiger partial charge on any atom is -0.371 e. The summed E-state index contributed by atoms with van der Waals surface area (Å²) in [4.78, 5) is 6.82. The average Bonchev–Trinajstić information content (AvgIpc) is 3.21. The molecule has 3 nitrogen and oxygen atoms in total. The highest BCUT2D eigenvalue weighted by Crippen LogP contribution is 2.30. The van der Waals surface area contributed by atoms with Gasteiger partial charge in [-0.2, -0.15) is 0 Å². The van der Waals surface area contributed by atoms with Crippen molar-refractivity contribution in [2.45, 2.75) is 25.3 Å². The second-order valence-electron chi connectivity index (χ2n) is 6.16. The number of hydrogen-bond donors (Lipinski definition) is 1. The molecule has 2 aliphatic rings. The van der Waals surface area contributed by atoms with Crippen molar-refractivity contribution in [2.24, 2.45) is 5.92 Å². The predicted octanol–water partition coefficient (Wildman–Crippen LogP) is 2.81. The van der Waals surface area contributed by atoms with E-state index < -0.39 is 0 Å². The summed E-state index contributed by atoms with van der Waals surface area (Å²) in [6, 6.07) is 9.49. The zero-order valence-corrected chi connectivity index (χ0v) is 11.8. The molecule has 104 valence electrons. The Kier molecular flexibility index (Phi) is 3.07. The Balaban J connectivity index is 1.51. The van der Waals surface area contributed by atoms with Crippen LogP contribution in [-0.2, 0) is 0 Å². The summed E-state index contributed by atoms with van der Waals surface area (Å²) >= 11 is 0. The molecule has 2 heterocycles. The molecule has 4 rings (SSSR count). The lowest BCUT2D eigenvalue weighted by molar-refractivity contribution is 0.515. The van der Waals surface area contributed by atoms with Gasteiger partial charge in [-0.1, -0.05) is 12.1 Å². The smallest absolute Gasteiger partial charge is 0.0461 e. The number of benzene rings is 1. The molecule has 0 radical (unpaired) electrons. The van der Waals surface area contributed by atoms with Gasteiger partial charge < -0.3 is 10.2 Å². The molecule has 20 heavy (non-hydrogen) atoms. The van der Waals surface area contributed by atoms with E-state index >= 15 is 0 Å². The molecule has 1 atom stereocenters. The number of fused-ring (bicyclic) bond motifs is 1. The summed E-state index contributed by atoms with van der Waals surface area (Å²) in [6.07, 6.45) is 7.94. The first-order valence-corrected chi connectivity index (χ1v) is 7.71. The third kappa shape index (κ3) is 2.38. The van der Waals surface area contributed by atoms with E-state index in [2.05, 4.69) is 39.5 Å². The lowest BCUT2D eigenvalue weighted by Crippen LogP contribution is -2.27. The van der Waals surface area contributed by atoms with Gasteiger partial charge in [-0.25, -0.2) is 0 Å². The SMILES string of the molecule is c1cc(N2CCC(CNC3CC3)C2)c2cnccc2c1. The lowest BCUT2D eigenvalue weighted by Gasteiger charge is -2.20. The van der Waals surface area contributed by atoms with Gasteiger partial charge in [0.05, 0.1) is 0 Å². The van der Waals surface area contributed by atoms with Gasteiger partial charge >= 0.3 is 0 Å². The van der Waals surface area contributed by atoms with Crippen molar-refractivity contribution >= 4 is 16.5 Å². The molecular weight excluding hydrogens is 246 g/mol. The van der Waals surface area contributed by atoms with Crippen molar-refractivity contribution in [3.05, 3.63) is 36.7 Å². The normalized spacial score (nSPS) is 22.6. The number of nitrogens with zero attached hydrogens (tertiary/aromatic N) is 2. The van der Waals surface area contributed by atoms with Gasteiger partial charge in [-0.05, 0) is 49.2 Å². The topological polar surface area (TPSA) is 28.2 Å². The van der Waals surface area contributed by atoms with Crippen LogP contribution in [0.15, 0.2) is 36.7 Å². The van der Waals surface area contributed by atoms with Gasteiger partial charge in [0.2, 0.25) is 0 Å². The molecule has 1 aromatic heterocycles. The monoisotopic (exact) mass is 267 g/mol. The molecule has 0 amide bonds. The van der Waals surface area contributed by atoms with Gasteiger partial charge in [0.25, 0.3) is 0 Å². The number of nitrogens with one attached hydrogen (secondary N) is 1. The van der Waals surface area contributed by atoms with Crippen LogP contribution in [0.25, 0.3) is 10.8 Å². The molecule has 1 aliphatic carbocycles. The number of hydrogen-bond acceptors (Lipinski definition) is 3. The highest BCUT2D eigenvalue weighted by atomic mass is 15.2. The summed E-state index contributed by atoms with van der Waals surface area (Å²) in [5.41, 5.74) is 1.35. The predicted molar refractivity (Wildman–Crippen MR) is 83.1 cm³/mol. The van der Waals surface area contributed by atoms with Crippen LogP contribution >= 0.6 is 0 Å². The molecule has 1 saturated heterocycles. The average molecular weight is 267 g/mol. The van der Waals surface area contributed by atoms with E-state index in [1.54, 1.807) is 0 Å². The Morgan fingerprint density at radius 1 is 1.20 bits per heavy atom. The maximum atomic E-state index is 4.29. The molecule has 1 aromatic carbocycles. The van der Waals surface area contributed by atoms with E-state index in [-0.39, 0.29) is 0 Å². The van der Waals surface area contributed by atoms with Crippen LogP contribution in [0.1, 0.15) is 19.3 Å². The van der Waals surface area contributed by atoms with Crippen molar-refractivity contribution < 1.29 is 0 Å². The van der Waals surface area contributed by atoms with E-state index in [9.17, 15) is 0 Å². The van der Waals surface area contributed by atoms with Crippen LogP contribution in [0, 0.1) is 5.92 Å². The van der Waals surface area contributed by atoms with E-state index in [4.69, 9.17) is 0 Å². The van der Waals surface area contributed by atoms with Gasteiger partial charge in [0.1, 0.15) is 0 Å². The molecule has 0 bridgehead atoms. The lowest BCUT2D eigenvalue weighted by atomic mass is 10.1. The number of rotatable bonds is 4. The van der Waals surface area contributed by atoms with Crippen LogP contribution < -0.4 is 10.2 Å². The van der Waals surface area contributed by atoms with Crippen molar-refractivity contribution in [1.82, 2.24) is 10.3 Å². The van der Waals surface area contributed by atoms with Gasteiger partial charge in [-0.3, -0.25) is 4.98 Å². The number of aromatic nitrogens is 1. The van der Waals surface area contributed by atoms with Crippen LogP contribution in [0.5, 0.6) is 0 Å². The van der Waals surface area contributed by atoms with Crippen molar-refractivity contribution in [2.75, 3.05) is 24.5 Å². The maximum Gasteiger partial charge on any atom is 0.0461 e. The first kappa shape index (κ1) is 12.2. The minimum atomic E-state index is 0.794. The highest BCUT2D eigenvalue weighted by molar-refractivity contribution is 5.93. The van der Waals surface area contributed by atoms with Crippen molar-refractivity contribution in [3.63, 3.8) is 0 Å². The van der Waals surface area contributed by atoms with E-state index in [1.807, 2.05) is 12.4 Å². The Labute approximate surface area is 120 Å². The molecule has 1 N–H and O–H groups in total. The van der Waals surface area contributed by atoms with Crippen molar-refractivity contribution in [1.29, 1.82) is 0 Å². The molecule has 0 spiro atoms. The number of pyridine rings is 1. The summed E-state index contributed by atoms with van der Waals surface area (Å²) in [5.74, 6) is 0.794. The van der Waals surface area contributed by atoms with E-state index in [0.29, 0.717) is 0 Å². The van der Waals surface area contributed by atoms with Gasteiger partial charge in [0, 0.05) is 42.6 Å². The third-order valence-corrected chi connectivity index (χ3v) is 4.56. The van der Waals surface area contributed by atoms with E-state index in [1.165, 1.54) is 55.4 Å². The van der Waals surface area contributed by atoms with Crippen LogP contribution in [0.4, 0.5) is 5.69 Å². The van der Waals surface area contributed by atoms with Crippen LogP contribution in [-0.4, -0.2) is 30.7 Å². The summed E-state index contributed by atoms with van der Waals surface area (Å²) in [5, 5.41) is 6.24. The Hall–Kier alpha value is -1.61. The van der Waals surface area contributed by atoms with Crippen molar-refractivity contribution in [3.8, 4) is 0 Å². The minimum absolute atomic E-state index is 0.794. The molecule has 2 fully saturated rings. The molecule has 1 saturated carbocycles. The largest absolute Gasteiger partial charge is 0.371 e. The number of anilines is 1. The standard InChI is InChI=1S/C17H21N3/c1-2-14-6-8-18-11-16(14)17(3-1)20-9-7-13(12-20)10-19-15-4-5-15/h1-3,6,8,11,13,15,19H,4-5,7,9-10,12H2. The molecule has 1 unspecified atom stereocenters. The van der Waals surface area contributed by atoms with E-state index in [0.717, 1.165) is 12.0 Å². The molecule has 3 heteroatoms. The Bertz CT molecular complexity index is 601. The fourth-order valence-corrected chi connectivity index (χ4v) is 3.21. The zero-order chi connectivity index (χ0) is 13.4. The zero-order valence-electron chi connectivity index (χ0n) is 11.8.